The van der Waals surface area contributed by atoms with Crippen LogP contribution in [-0.4, -0.2) is 32.4 Å². The molecule has 28 heavy (non-hydrogen) atoms. The second kappa shape index (κ2) is 8.53. The van der Waals surface area contributed by atoms with Crippen molar-refractivity contribution in [3.05, 3.63) is 57.8 Å². The third-order valence-corrected chi connectivity index (χ3v) is 4.92. The van der Waals surface area contributed by atoms with Gasteiger partial charge in [-0.15, -0.1) is 12.4 Å². The highest BCUT2D eigenvalue weighted by Gasteiger charge is 2.21. The minimum atomic E-state index is -0.492. The van der Waals surface area contributed by atoms with E-state index in [0.29, 0.717) is 23.0 Å². The number of H-pyrrole nitrogens is 1. The Morgan fingerprint density at radius 1 is 1.32 bits per heavy atom. The number of hydrogen-bond donors (Lipinski definition) is 3. The first-order valence-corrected chi connectivity index (χ1v) is 9.15. The van der Waals surface area contributed by atoms with E-state index in [1.807, 2.05) is 22.9 Å². The van der Waals surface area contributed by atoms with Gasteiger partial charge in [-0.1, -0.05) is 18.2 Å². The molecule has 1 amide bonds. The molecule has 0 radical (unpaired) electrons. The Balaban J connectivity index is 0.00000225. The zero-order valence-corrected chi connectivity index (χ0v) is 16.4. The fourth-order valence-corrected chi connectivity index (χ4v) is 3.43. The summed E-state index contributed by atoms with van der Waals surface area (Å²) < 4.78 is 2.00. The first kappa shape index (κ1) is 20.0. The van der Waals surface area contributed by atoms with Gasteiger partial charge in [0.1, 0.15) is 0 Å². The van der Waals surface area contributed by atoms with Crippen molar-refractivity contribution < 1.29 is 4.79 Å². The van der Waals surface area contributed by atoms with E-state index in [9.17, 15) is 9.59 Å². The highest BCUT2D eigenvalue weighted by atomic mass is 35.5. The number of nitrogens with zero attached hydrogens (tertiary/aromatic N) is 3. The second-order valence-electron chi connectivity index (χ2n) is 6.80. The second-order valence-corrected chi connectivity index (χ2v) is 6.80. The smallest absolute Gasteiger partial charge is 0.272 e. The number of carbonyl (C=O) groups is 1. The van der Waals surface area contributed by atoms with Gasteiger partial charge in [-0.3, -0.25) is 14.3 Å². The molecule has 1 unspecified atom stereocenters. The minimum absolute atomic E-state index is 0. The van der Waals surface area contributed by atoms with Gasteiger partial charge < -0.3 is 10.6 Å². The summed E-state index contributed by atoms with van der Waals surface area (Å²) in [4.78, 5) is 24.6. The molecule has 8 nitrogen and oxygen atoms in total. The molecule has 0 saturated heterocycles. The first-order valence-electron chi connectivity index (χ1n) is 9.15. The van der Waals surface area contributed by atoms with E-state index in [2.05, 4.69) is 25.9 Å². The maximum atomic E-state index is 12.7. The highest BCUT2D eigenvalue weighted by Crippen LogP contribution is 2.21. The van der Waals surface area contributed by atoms with Gasteiger partial charge in [0.2, 0.25) is 5.91 Å². The normalized spacial score (nSPS) is 14.6. The lowest BCUT2D eigenvalue weighted by Crippen LogP contribution is -2.29. The summed E-state index contributed by atoms with van der Waals surface area (Å²) in [6.07, 6.45) is 1.04. The fourth-order valence-electron chi connectivity index (χ4n) is 3.43. The quantitative estimate of drug-likeness (QED) is 0.612. The number of halogens is 1. The van der Waals surface area contributed by atoms with Crippen molar-refractivity contribution in [2.75, 3.05) is 6.54 Å². The maximum Gasteiger partial charge on any atom is 0.272 e. The van der Waals surface area contributed by atoms with Crippen LogP contribution in [0, 0.1) is 0 Å². The predicted octanol–water partition coefficient (Wildman–Crippen LogP) is 1.45. The molecule has 3 N–H and O–H groups in total. The molecule has 4 rings (SSSR count). The van der Waals surface area contributed by atoms with Crippen LogP contribution in [0.2, 0.25) is 0 Å². The summed E-state index contributed by atoms with van der Waals surface area (Å²) in [6, 6.07) is 9.21. The standard InChI is InChI=1S/C19H22N6O2.ClH/c1-12(17-15-5-2-3-6-16(15)19(27)23-22-17)18(26)21-10-13-9-14-11-20-7-4-8-25(14)24-13;/h2-3,5-6,9,12,20H,4,7-8,10-11H2,1H3,(H,21,26)(H,23,27);1H. The predicted molar refractivity (Wildman–Crippen MR) is 108 cm³/mol. The monoisotopic (exact) mass is 402 g/mol. The van der Waals surface area contributed by atoms with Crippen LogP contribution >= 0.6 is 12.4 Å². The van der Waals surface area contributed by atoms with E-state index in [-0.39, 0.29) is 23.9 Å². The first-order chi connectivity index (χ1) is 13.1. The van der Waals surface area contributed by atoms with E-state index in [4.69, 9.17) is 0 Å². The molecule has 1 atom stereocenters. The topological polar surface area (TPSA) is 105 Å². The summed E-state index contributed by atoms with van der Waals surface area (Å²) in [5.74, 6) is -0.644. The maximum absolute atomic E-state index is 12.7. The van der Waals surface area contributed by atoms with Crippen molar-refractivity contribution in [2.24, 2.45) is 0 Å². The van der Waals surface area contributed by atoms with Crippen LogP contribution in [0.15, 0.2) is 35.1 Å². The Morgan fingerprint density at radius 3 is 2.93 bits per heavy atom. The molecular weight excluding hydrogens is 380 g/mol. The molecule has 3 heterocycles. The molecule has 0 aliphatic carbocycles. The molecule has 1 aliphatic rings. The number of fused-ring (bicyclic) bond motifs is 2. The Hall–Kier alpha value is -2.71. The molecule has 9 heteroatoms. The third kappa shape index (κ3) is 3.93. The number of hydrogen-bond acceptors (Lipinski definition) is 5. The molecular formula is C19H23ClN6O2. The fraction of sp³-hybridized carbons (Fsp3) is 0.368. The van der Waals surface area contributed by atoms with Gasteiger partial charge in [0.25, 0.3) is 5.56 Å². The van der Waals surface area contributed by atoms with Crippen molar-refractivity contribution in [3.63, 3.8) is 0 Å². The Bertz CT molecular complexity index is 1020. The van der Waals surface area contributed by atoms with Crippen molar-refractivity contribution >= 4 is 29.1 Å². The minimum Gasteiger partial charge on any atom is -0.350 e. The summed E-state index contributed by atoms with van der Waals surface area (Å²) in [7, 11) is 0. The average Bonchev–Trinajstić information content (AvgIpc) is 2.95. The van der Waals surface area contributed by atoms with Gasteiger partial charge in [0.15, 0.2) is 0 Å². The highest BCUT2D eigenvalue weighted by molar-refractivity contribution is 5.90. The van der Waals surface area contributed by atoms with Gasteiger partial charge in [-0.2, -0.15) is 10.2 Å². The van der Waals surface area contributed by atoms with Crippen LogP contribution in [0.25, 0.3) is 10.8 Å². The van der Waals surface area contributed by atoms with Gasteiger partial charge in [-0.25, -0.2) is 5.10 Å². The molecule has 2 aromatic heterocycles. The van der Waals surface area contributed by atoms with Crippen LogP contribution in [0.4, 0.5) is 0 Å². The van der Waals surface area contributed by atoms with Crippen LogP contribution in [0.5, 0.6) is 0 Å². The van der Waals surface area contributed by atoms with Gasteiger partial charge in [0, 0.05) is 18.5 Å². The lowest BCUT2D eigenvalue weighted by molar-refractivity contribution is -0.122. The molecule has 1 aliphatic heterocycles. The Labute approximate surface area is 168 Å². The summed E-state index contributed by atoms with van der Waals surface area (Å²) in [6.45, 7) is 4.83. The zero-order chi connectivity index (χ0) is 18.8. The number of aryl methyl sites for hydroxylation is 1. The summed E-state index contributed by atoms with van der Waals surface area (Å²) in [5, 5.41) is 18.7. The largest absolute Gasteiger partial charge is 0.350 e. The summed E-state index contributed by atoms with van der Waals surface area (Å²) in [5.41, 5.74) is 2.29. The summed E-state index contributed by atoms with van der Waals surface area (Å²) >= 11 is 0. The van der Waals surface area contributed by atoms with E-state index in [0.717, 1.165) is 37.4 Å². The molecule has 1 aromatic carbocycles. The number of aromatic amines is 1. The van der Waals surface area contributed by atoms with Crippen LogP contribution < -0.4 is 16.2 Å². The van der Waals surface area contributed by atoms with Gasteiger partial charge >= 0.3 is 0 Å². The van der Waals surface area contributed by atoms with Crippen LogP contribution in [0.1, 0.15) is 36.3 Å². The molecule has 0 saturated carbocycles. The van der Waals surface area contributed by atoms with E-state index >= 15 is 0 Å². The van der Waals surface area contributed by atoms with Crippen molar-refractivity contribution in [1.29, 1.82) is 0 Å². The van der Waals surface area contributed by atoms with Crippen molar-refractivity contribution in [3.8, 4) is 0 Å². The number of nitrogens with one attached hydrogen (secondary N) is 3. The molecule has 148 valence electrons. The lowest BCUT2D eigenvalue weighted by atomic mass is 10.0. The molecule has 0 spiro atoms. The van der Waals surface area contributed by atoms with E-state index in [1.165, 1.54) is 0 Å². The zero-order valence-electron chi connectivity index (χ0n) is 15.6. The number of rotatable bonds is 4. The van der Waals surface area contributed by atoms with Crippen LogP contribution in [0.3, 0.4) is 0 Å². The number of carbonyl (C=O) groups excluding carboxylic acids is 1. The van der Waals surface area contributed by atoms with Gasteiger partial charge in [-0.05, 0) is 32.0 Å². The lowest BCUT2D eigenvalue weighted by Gasteiger charge is -2.13. The van der Waals surface area contributed by atoms with E-state index in [1.54, 1.807) is 19.1 Å². The Kier molecular flexibility index (Phi) is 6.11. The number of amides is 1. The van der Waals surface area contributed by atoms with Gasteiger partial charge in [0.05, 0.1) is 34.9 Å². The average molecular weight is 403 g/mol. The third-order valence-electron chi connectivity index (χ3n) is 4.92. The number of benzene rings is 1. The van der Waals surface area contributed by atoms with E-state index < -0.39 is 5.92 Å². The molecule has 3 aromatic rings. The molecule has 0 bridgehead atoms. The SMILES string of the molecule is CC(C(=O)NCc1cc2n(n1)CCCNC2)c1n[nH]c(=O)c2ccccc12.Cl. The van der Waals surface area contributed by atoms with Crippen molar-refractivity contribution in [1.82, 2.24) is 30.6 Å². The molecule has 0 fully saturated rings. The van der Waals surface area contributed by atoms with Crippen molar-refractivity contribution in [2.45, 2.75) is 38.9 Å². The Morgan fingerprint density at radius 2 is 2.11 bits per heavy atom. The van der Waals surface area contributed by atoms with Crippen LogP contribution in [-0.2, 0) is 24.4 Å². The number of aromatic nitrogens is 4.